The lowest BCUT2D eigenvalue weighted by Gasteiger charge is -2.43. The van der Waals surface area contributed by atoms with E-state index < -0.39 is 11.7 Å². The number of ether oxygens (including phenoxy) is 5. The van der Waals surface area contributed by atoms with Crippen LogP contribution in [0.5, 0.6) is 23.0 Å². The smallest absolute Gasteiger partial charge is 0.231 e. The molecule has 27 heavy (non-hydrogen) atoms. The lowest BCUT2D eigenvalue weighted by molar-refractivity contribution is -0.198. The Labute approximate surface area is 156 Å². The minimum absolute atomic E-state index is 0.135. The van der Waals surface area contributed by atoms with E-state index in [4.69, 9.17) is 23.7 Å². The van der Waals surface area contributed by atoms with Crippen LogP contribution >= 0.6 is 0 Å². The average molecular weight is 368 g/mol. The molecule has 3 atom stereocenters. The standard InChI is InChI=1S/C21H20O6/c1-23-15-6-4-3-5-12(15)19-13-9-17-18(26-11-25-17)10-16(13)27-21(24-2)8-7-14(22)20(19)21/h3-6,9-10,19-20H,7-8,11H2,1-2H3. The Morgan fingerprint density at radius 2 is 1.81 bits per heavy atom. The van der Waals surface area contributed by atoms with E-state index in [-0.39, 0.29) is 18.5 Å². The Balaban J connectivity index is 1.77. The molecule has 2 aliphatic heterocycles. The van der Waals surface area contributed by atoms with Crippen molar-refractivity contribution in [2.75, 3.05) is 21.0 Å². The number of para-hydroxylation sites is 1. The van der Waals surface area contributed by atoms with Crippen molar-refractivity contribution >= 4 is 5.78 Å². The largest absolute Gasteiger partial charge is 0.496 e. The highest BCUT2D eigenvalue weighted by atomic mass is 16.7. The van der Waals surface area contributed by atoms with E-state index in [9.17, 15) is 4.79 Å². The number of hydrogen-bond acceptors (Lipinski definition) is 6. The third-order valence-electron chi connectivity index (χ3n) is 5.82. The molecule has 0 saturated heterocycles. The summed E-state index contributed by atoms with van der Waals surface area (Å²) in [5, 5.41) is 0. The van der Waals surface area contributed by atoms with Crippen molar-refractivity contribution in [1.29, 1.82) is 0 Å². The highest BCUT2D eigenvalue weighted by Gasteiger charge is 2.59. The predicted molar refractivity (Wildman–Crippen MR) is 95.5 cm³/mol. The van der Waals surface area contributed by atoms with Crippen LogP contribution < -0.4 is 18.9 Å². The van der Waals surface area contributed by atoms with Gasteiger partial charge < -0.3 is 23.7 Å². The van der Waals surface area contributed by atoms with Gasteiger partial charge in [0.25, 0.3) is 0 Å². The molecule has 0 spiro atoms. The Morgan fingerprint density at radius 1 is 1.04 bits per heavy atom. The zero-order valence-corrected chi connectivity index (χ0v) is 15.2. The van der Waals surface area contributed by atoms with E-state index in [0.29, 0.717) is 30.1 Å². The van der Waals surface area contributed by atoms with E-state index >= 15 is 0 Å². The van der Waals surface area contributed by atoms with Crippen LogP contribution in [0.3, 0.4) is 0 Å². The number of carbonyl (C=O) groups is 1. The normalized spacial score (nSPS) is 27.7. The van der Waals surface area contributed by atoms with Gasteiger partial charge in [-0.15, -0.1) is 0 Å². The topological polar surface area (TPSA) is 63.2 Å². The maximum Gasteiger partial charge on any atom is 0.231 e. The minimum atomic E-state index is -0.983. The first kappa shape index (κ1) is 16.4. The van der Waals surface area contributed by atoms with Gasteiger partial charge in [0.05, 0.1) is 13.0 Å². The number of rotatable bonds is 3. The van der Waals surface area contributed by atoms with Crippen LogP contribution in [0.2, 0.25) is 0 Å². The lowest BCUT2D eigenvalue weighted by Crippen LogP contribution is -2.49. The predicted octanol–water partition coefficient (Wildman–Crippen LogP) is 3.27. The van der Waals surface area contributed by atoms with Crippen LogP contribution in [0.1, 0.15) is 29.9 Å². The number of benzene rings is 2. The second kappa shape index (κ2) is 5.89. The highest BCUT2D eigenvalue weighted by molar-refractivity contribution is 5.87. The fourth-order valence-electron chi connectivity index (χ4n) is 4.59. The molecule has 2 aromatic rings. The van der Waals surface area contributed by atoms with Gasteiger partial charge in [-0.2, -0.15) is 0 Å². The molecule has 0 aromatic heterocycles. The first-order chi connectivity index (χ1) is 13.2. The van der Waals surface area contributed by atoms with Gasteiger partial charge in [0.2, 0.25) is 12.6 Å². The van der Waals surface area contributed by atoms with E-state index in [1.165, 1.54) is 0 Å². The average Bonchev–Trinajstić information content (AvgIpc) is 3.29. The number of fused-ring (bicyclic) bond motifs is 3. The highest BCUT2D eigenvalue weighted by Crippen LogP contribution is 2.57. The Kier molecular flexibility index (Phi) is 3.59. The molecule has 140 valence electrons. The molecule has 5 rings (SSSR count). The van der Waals surface area contributed by atoms with Crippen molar-refractivity contribution < 1.29 is 28.5 Å². The minimum Gasteiger partial charge on any atom is -0.496 e. The fourth-order valence-corrected chi connectivity index (χ4v) is 4.59. The molecule has 1 saturated carbocycles. The number of hydrogen-bond donors (Lipinski definition) is 0. The molecule has 2 aromatic carbocycles. The van der Waals surface area contributed by atoms with Gasteiger partial charge >= 0.3 is 0 Å². The lowest BCUT2D eigenvalue weighted by atomic mass is 9.74. The first-order valence-electron chi connectivity index (χ1n) is 9.00. The van der Waals surface area contributed by atoms with Gasteiger partial charge in [-0.25, -0.2) is 0 Å². The number of methoxy groups -OCH3 is 2. The van der Waals surface area contributed by atoms with Crippen molar-refractivity contribution in [1.82, 2.24) is 0 Å². The first-order valence-corrected chi connectivity index (χ1v) is 9.00. The summed E-state index contributed by atoms with van der Waals surface area (Å²) in [5.41, 5.74) is 1.82. The Hall–Kier alpha value is -2.73. The van der Waals surface area contributed by atoms with Crippen LogP contribution in [0, 0.1) is 5.92 Å². The van der Waals surface area contributed by atoms with Gasteiger partial charge in [-0.3, -0.25) is 4.79 Å². The van der Waals surface area contributed by atoms with Crippen LogP contribution in [-0.2, 0) is 9.53 Å². The second-order valence-corrected chi connectivity index (χ2v) is 7.02. The molecule has 1 fully saturated rings. The summed E-state index contributed by atoms with van der Waals surface area (Å²) in [6.45, 7) is 0.176. The van der Waals surface area contributed by atoms with Crippen molar-refractivity contribution in [3.63, 3.8) is 0 Å². The van der Waals surface area contributed by atoms with Crippen molar-refractivity contribution in [3.05, 3.63) is 47.5 Å². The second-order valence-electron chi connectivity index (χ2n) is 7.02. The maximum atomic E-state index is 12.9. The number of Topliss-reactive ketones (excluding diaryl/α,β-unsaturated/α-hetero) is 1. The fraction of sp³-hybridized carbons (Fsp3) is 0.381. The van der Waals surface area contributed by atoms with Crippen LogP contribution in [0.4, 0.5) is 0 Å². The molecule has 0 N–H and O–H groups in total. The Bertz CT molecular complexity index is 923. The molecule has 0 amide bonds. The van der Waals surface area contributed by atoms with Crippen LogP contribution in [0.25, 0.3) is 0 Å². The van der Waals surface area contributed by atoms with Crippen molar-refractivity contribution in [2.45, 2.75) is 24.5 Å². The third-order valence-corrected chi connectivity index (χ3v) is 5.82. The molecule has 2 heterocycles. The van der Waals surface area contributed by atoms with Crippen LogP contribution in [0.15, 0.2) is 36.4 Å². The summed E-state index contributed by atoms with van der Waals surface area (Å²) in [7, 11) is 3.24. The molecule has 6 heteroatoms. The van der Waals surface area contributed by atoms with Gasteiger partial charge in [0, 0.05) is 43.1 Å². The Morgan fingerprint density at radius 3 is 2.59 bits per heavy atom. The third kappa shape index (κ3) is 2.26. The molecular weight excluding hydrogens is 348 g/mol. The summed E-state index contributed by atoms with van der Waals surface area (Å²) in [4.78, 5) is 12.9. The van der Waals surface area contributed by atoms with Crippen molar-refractivity contribution in [2.24, 2.45) is 5.92 Å². The van der Waals surface area contributed by atoms with E-state index in [0.717, 1.165) is 16.9 Å². The zero-order chi connectivity index (χ0) is 18.6. The van der Waals surface area contributed by atoms with E-state index in [2.05, 4.69) is 0 Å². The molecule has 3 aliphatic rings. The molecule has 1 aliphatic carbocycles. The van der Waals surface area contributed by atoms with Gasteiger partial charge in [-0.1, -0.05) is 18.2 Å². The van der Waals surface area contributed by atoms with E-state index in [1.807, 2.05) is 36.4 Å². The summed E-state index contributed by atoms with van der Waals surface area (Å²) >= 11 is 0. The molecular formula is C21H20O6. The van der Waals surface area contributed by atoms with Gasteiger partial charge in [0.15, 0.2) is 11.5 Å². The number of ketones is 1. The van der Waals surface area contributed by atoms with Gasteiger partial charge in [-0.05, 0) is 12.1 Å². The summed E-state index contributed by atoms with van der Waals surface area (Å²) in [6, 6.07) is 11.5. The molecule has 3 unspecified atom stereocenters. The molecule has 0 radical (unpaired) electrons. The summed E-state index contributed by atoms with van der Waals surface area (Å²) in [5.74, 6) is 1.13. The zero-order valence-electron chi connectivity index (χ0n) is 15.2. The van der Waals surface area contributed by atoms with Crippen molar-refractivity contribution in [3.8, 4) is 23.0 Å². The maximum absolute atomic E-state index is 12.9. The SMILES string of the molecule is COc1ccccc1C1c2cc3c(cc2OC2(OC)CCC(=O)C12)OCO3. The monoisotopic (exact) mass is 368 g/mol. The quantitative estimate of drug-likeness (QED) is 0.829. The van der Waals surface area contributed by atoms with Gasteiger partial charge in [0.1, 0.15) is 17.3 Å². The summed E-state index contributed by atoms with van der Waals surface area (Å²) in [6.07, 6.45) is 0.942. The van der Waals surface area contributed by atoms with Crippen LogP contribution in [-0.4, -0.2) is 32.6 Å². The van der Waals surface area contributed by atoms with E-state index in [1.54, 1.807) is 14.2 Å². The number of carbonyl (C=O) groups excluding carboxylic acids is 1. The molecule has 6 nitrogen and oxygen atoms in total. The molecule has 0 bridgehead atoms. The summed E-state index contributed by atoms with van der Waals surface area (Å²) < 4.78 is 28.8.